The van der Waals surface area contributed by atoms with E-state index in [1.165, 1.54) is 23.1 Å². The molecule has 176 valence electrons. The number of nitrogens with zero attached hydrogens (tertiary/aromatic N) is 5. The van der Waals surface area contributed by atoms with Crippen molar-refractivity contribution in [3.05, 3.63) is 52.4 Å². The van der Waals surface area contributed by atoms with E-state index >= 15 is 0 Å². The minimum atomic E-state index is -0.500. The Morgan fingerprint density at radius 2 is 2.12 bits per heavy atom. The maximum atomic E-state index is 14.8. The fraction of sp³-hybridized carbons (Fsp3) is 0.440. The third kappa shape index (κ3) is 3.67. The van der Waals surface area contributed by atoms with Crippen molar-refractivity contribution in [2.75, 3.05) is 38.5 Å². The van der Waals surface area contributed by atoms with E-state index in [2.05, 4.69) is 38.2 Å². The summed E-state index contributed by atoms with van der Waals surface area (Å²) in [6, 6.07) is 5.81. The number of nitrogens with one attached hydrogen (secondary N) is 1. The van der Waals surface area contributed by atoms with Gasteiger partial charge in [-0.3, -0.25) is 4.79 Å². The molecule has 1 N–H and O–H groups in total. The molecular formula is C25H27FN6OS. The molecule has 1 unspecified atom stereocenters. The van der Waals surface area contributed by atoms with Crippen molar-refractivity contribution >= 4 is 29.0 Å². The van der Waals surface area contributed by atoms with Crippen LogP contribution in [0.15, 0.2) is 30.6 Å². The maximum absolute atomic E-state index is 14.8. The van der Waals surface area contributed by atoms with Crippen LogP contribution in [0.25, 0.3) is 10.6 Å². The lowest BCUT2D eigenvalue weighted by molar-refractivity contribution is 0.0760. The summed E-state index contributed by atoms with van der Waals surface area (Å²) >= 11 is 1.49. The van der Waals surface area contributed by atoms with Gasteiger partial charge < -0.3 is 15.1 Å². The van der Waals surface area contributed by atoms with Crippen molar-refractivity contribution in [2.45, 2.75) is 37.5 Å². The molecule has 0 aromatic carbocycles. The van der Waals surface area contributed by atoms with Crippen LogP contribution in [0.5, 0.6) is 0 Å². The van der Waals surface area contributed by atoms with Gasteiger partial charge in [-0.15, -0.1) is 11.3 Å². The molecule has 2 fully saturated rings. The number of amides is 1. The Morgan fingerprint density at radius 3 is 2.82 bits per heavy atom. The van der Waals surface area contributed by atoms with Gasteiger partial charge in [0.2, 0.25) is 5.95 Å². The largest absolute Gasteiger partial charge is 0.341 e. The summed E-state index contributed by atoms with van der Waals surface area (Å²) in [5, 5.41) is 3.10. The number of likely N-dealkylation sites (N-methyl/N-ethyl adjacent to an activating group) is 2. The summed E-state index contributed by atoms with van der Waals surface area (Å²) in [5.74, 6) is 0.907. The minimum absolute atomic E-state index is 0.00329. The molecule has 1 amide bonds. The third-order valence-corrected chi connectivity index (χ3v) is 8.77. The number of hydrogen-bond donors (Lipinski definition) is 1. The first-order chi connectivity index (χ1) is 16.5. The zero-order valence-electron chi connectivity index (χ0n) is 19.3. The number of anilines is 2. The van der Waals surface area contributed by atoms with E-state index in [0.29, 0.717) is 22.2 Å². The number of pyridine rings is 1. The van der Waals surface area contributed by atoms with Gasteiger partial charge in [0.15, 0.2) is 5.82 Å². The molecule has 0 bridgehead atoms. The average molecular weight is 479 g/mol. The van der Waals surface area contributed by atoms with Gasteiger partial charge in [0.05, 0.1) is 16.6 Å². The molecule has 7 nitrogen and oxygen atoms in total. The summed E-state index contributed by atoms with van der Waals surface area (Å²) in [6.45, 7) is 6.20. The molecule has 1 aliphatic carbocycles. The van der Waals surface area contributed by atoms with Crippen LogP contribution in [0.1, 0.15) is 52.9 Å². The highest BCUT2D eigenvalue weighted by atomic mass is 32.1. The number of rotatable bonds is 5. The number of carbonyl (C=O) groups is 1. The SMILES string of the molecule is CCN1CCC(c2ccc(Nc3ncc(F)c(-c4cc5c(s4)C4(CC4)CN(C)C5=O)n3)nc2)C1. The third-order valence-electron chi connectivity index (χ3n) is 7.38. The lowest BCUT2D eigenvalue weighted by Crippen LogP contribution is -2.39. The Labute approximate surface area is 202 Å². The van der Waals surface area contributed by atoms with Gasteiger partial charge in [-0.2, -0.15) is 0 Å². The summed E-state index contributed by atoms with van der Waals surface area (Å²) in [5.41, 5.74) is 2.18. The Balaban J connectivity index is 1.24. The Bertz CT molecular complexity index is 1250. The number of thiophene rings is 1. The molecule has 3 aromatic rings. The lowest BCUT2D eigenvalue weighted by Gasteiger charge is -2.29. The molecule has 3 aliphatic rings. The van der Waals surface area contributed by atoms with Crippen LogP contribution in [0.4, 0.5) is 16.2 Å². The fourth-order valence-electron chi connectivity index (χ4n) is 5.23. The molecule has 9 heteroatoms. The molecule has 2 aliphatic heterocycles. The molecule has 6 rings (SSSR count). The topological polar surface area (TPSA) is 74.2 Å². The first-order valence-corrected chi connectivity index (χ1v) is 12.7. The van der Waals surface area contributed by atoms with Crippen molar-refractivity contribution < 1.29 is 9.18 Å². The predicted octanol–water partition coefficient (Wildman–Crippen LogP) is 4.41. The van der Waals surface area contributed by atoms with E-state index in [4.69, 9.17) is 0 Å². The first kappa shape index (κ1) is 21.6. The van der Waals surface area contributed by atoms with Crippen LogP contribution in [-0.2, 0) is 5.41 Å². The average Bonchev–Trinajstić information content (AvgIpc) is 3.24. The second-order valence-electron chi connectivity index (χ2n) is 9.67. The number of likely N-dealkylation sites (tertiary alicyclic amines) is 1. The normalized spacial score (nSPS) is 21.2. The Morgan fingerprint density at radius 1 is 1.26 bits per heavy atom. The lowest BCUT2D eigenvalue weighted by atomic mass is 9.95. The maximum Gasteiger partial charge on any atom is 0.254 e. The number of fused-ring (bicyclic) bond motifs is 2. The van der Waals surface area contributed by atoms with Crippen molar-refractivity contribution in [3.63, 3.8) is 0 Å². The van der Waals surface area contributed by atoms with Crippen LogP contribution >= 0.6 is 11.3 Å². The summed E-state index contributed by atoms with van der Waals surface area (Å²) in [6.07, 6.45) is 6.36. The van der Waals surface area contributed by atoms with Gasteiger partial charge in [-0.05, 0) is 56.0 Å². The molecular weight excluding hydrogens is 451 g/mol. The second-order valence-corrected chi connectivity index (χ2v) is 10.7. The molecule has 1 atom stereocenters. The van der Waals surface area contributed by atoms with E-state index in [9.17, 15) is 9.18 Å². The summed E-state index contributed by atoms with van der Waals surface area (Å²) in [4.78, 5) is 31.8. The van der Waals surface area contributed by atoms with Crippen LogP contribution in [0.2, 0.25) is 0 Å². The number of carbonyl (C=O) groups excluding carboxylic acids is 1. The van der Waals surface area contributed by atoms with Gasteiger partial charge in [0.1, 0.15) is 11.5 Å². The van der Waals surface area contributed by atoms with E-state index in [1.54, 1.807) is 11.0 Å². The van der Waals surface area contributed by atoms with Crippen molar-refractivity contribution in [1.82, 2.24) is 24.8 Å². The van der Waals surface area contributed by atoms with Crippen LogP contribution in [-0.4, -0.2) is 63.9 Å². The Kier molecular flexibility index (Phi) is 5.14. The van der Waals surface area contributed by atoms with Crippen LogP contribution in [0, 0.1) is 5.82 Å². The standard InChI is InChI=1S/C25H27FN6OS/c1-3-32-9-6-16(13-32)15-4-5-20(27-11-15)29-24-28-12-18(26)21(30-24)19-10-17-22(34-19)25(7-8-25)14-31(2)23(17)33/h4-5,10-12,16H,3,6-9,13-14H2,1-2H3,(H,27,28,29,30). The molecule has 1 saturated carbocycles. The quantitative estimate of drug-likeness (QED) is 0.586. The number of aromatic nitrogens is 3. The second kappa shape index (κ2) is 8.09. The van der Waals surface area contributed by atoms with E-state index in [0.717, 1.165) is 50.3 Å². The van der Waals surface area contributed by atoms with Gasteiger partial charge in [-0.25, -0.2) is 19.3 Å². The summed E-state index contributed by atoms with van der Waals surface area (Å²) < 4.78 is 14.8. The monoisotopic (exact) mass is 478 g/mol. The zero-order valence-corrected chi connectivity index (χ0v) is 20.2. The van der Waals surface area contributed by atoms with E-state index in [1.807, 2.05) is 19.3 Å². The molecule has 0 radical (unpaired) electrons. The molecule has 3 aromatic heterocycles. The zero-order chi connectivity index (χ0) is 23.4. The van der Waals surface area contributed by atoms with Gasteiger partial charge in [0.25, 0.3) is 5.91 Å². The minimum Gasteiger partial charge on any atom is -0.341 e. The first-order valence-electron chi connectivity index (χ1n) is 11.8. The van der Waals surface area contributed by atoms with E-state index in [-0.39, 0.29) is 23.0 Å². The van der Waals surface area contributed by atoms with E-state index < -0.39 is 5.82 Å². The highest BCUT2D eigenvalue weighted by Crippen LogP contribution is 2.55. The summed E-state index contributed by atoms with van der Waals surface area (Å²) in [7, 11) is 1.83. The molecule has 1 saturated heterocycles. The highest BCUT2D eigenvalue weighted by Gasteiger charge is 2.52. The smallest absolute Gasteiger partial charge is 0.254 e. The van der Waals surface area contributed by atoms with Crippen LogP contribution in [0.3, 0.4) is 0 Å². The van der Waals surface area contributed by atoms with Gasteiger partial charge >= 0.3 is 0 Å². The fourth-order valence-corrected chi connectivity index (χ4v) is 6.61. The number of hydrogen-bond acceptors (Lipinski definition) is 7. The number of halogens is 1. The van der Waals surface area contributed by atoms with Gasteiger partial charge in [0, 0.05) is 36.6 Å². The molecule has 1 spiro atoms. The predicted molar refractivity (Wildman–Crippen MR) is 130 cm³/mol. The molecule has 5 heterocycles. The van der Waals surface area contributed by atoms with Crippen molar-refractivity contribution in [1.29, 1.82) is 0 Å². The van der Waals surface area contributed by atoms with Crippen LogP contribution < -0.4 is 5.32 Å². The highest BCUT2D eigenvalue weighted by molar-refractivity contribution is 7.16. The van der Waals surface area contributed by atoms with Crippen molar-refractivity contribution in [2.24, 2.45) is 0 Å². The Hall–Kier alpha value is -2.91. The molecule has 34 heavy (non-hydrogen) atoms. The van der Waals surface area contributed by atoms with Crippen molar-refractivity contribution in [3.8, 4) is 10.6 Å². The van der Waals surface area contributed by atoms with Gasteiger partial charge in [-0.1, -0.05) is 13.0 Å².